The highest BCUT2D eigenvalue weighted by Crippen LogP contribution is 2.34. The molecule has 2 bridgehead atoms. The van der Waals surface area contributed by atoms with E-state index in [-0.39, 0.29) is 0 Å². The first kappa shape index (κ1) is 18.0. The van der Waals surface area contributed by atoms with Gasteiger partial charge in [-0.15, -0.1) is 0 Å². The van der Waals surface area contributed by atoms with Gasteiger partial charge in [0.1, 0.15) is 0 Å². The minimum absolute atomic E-state index is 0.396. The Balaban J connectivity index is 1.39. The molecule has 2 N–H and O–H groups in total. The van der Waals surface area contributed by atoms with E-state index < -0.39 is 0 Å². The molecule has 0 saturated carbocycles. The summed E-state index contributed by atoms with van der Waals surface area (Å²) in [5, 5.41) is 6.98. The first-order chi connectivity index (χ1) is 11.7. The average molecular weight is 338 g/mol. The van der Waals surface area contributed by atoms with E-state index in [2.05, 4.69) is 34.4 Å². The van der Waals surface area contributed by atoms with E-state index in [9.17, 15) is 0 Å². The smallest absolute Gasteiger partial charge is 0.191 e. The van der Waals surface area contributed by atoms with Crippen molar-refractivity contribution in [3.05, 3.63) is 0 Å². The number of ether oxygens (including phenoxy) is 1. The van der Waals surface area contributed by atoms with Gasteiger partial charge in [0.25, 0.3) is 0 Å². The molecular weight excluding hydrogens is 302 g/mol. The van der Waals surface area contributed by atoms with Crippen LogP contribution in [-0.2, 0) is 4.74 Å². The van der Waals surface area contributed by atoms with Gasteiger partial charge in [0, 0.05) is 26.2 Å². The first-order valence-electron chi connectivity index (χ1n) is 9.86. The Kier molecular flexibility index (Phi) is 6.75. The van der Waals surface area contributed by atoms with Crippen LogP contribution in [0.3, 0.4) is 0 Å². The van der Waals surface area contributed by atoms with Gasteiger partial charge in [-0.25, -0.2) is 0 Å². The van der Waals surface area contributed by atoms with Crippen LogP contribution in [0.4, 0.5) is 0 Å². The quantitative estimate of drug-likeness (QED) is 0.428. The lowest BCUT2D eigenvalue weighted by molar-refractivity contribution is 0.0992. The number of likely N-dealkylation sites (N-methyl/N-ethyl adjacent to an activating group) is 1. The van der Waals surface area contributed by atoms with Crippen molar-refractivity contribution in [3.63, 3.8) is 0 Å². The second-order valence-corrected chi connectivity index (χ2v) is 7.47. The minimum atomic E-state index is 0.396. The van der Waals surface area contributed by atoms with Gasteiger partial charge in [0.05, 0.1) is 18.2 Å². The molecule has 3 aliphatic heterocycles. The zero-order valence-electron chi connectivity index (χ0n) is 15.5. The number of nitrogens with zero attached hydrogens (tertiary/aromatic N) is 3. The highest BCUT2D eigenvalue weighted by Gasteiger charge is 2.41. The van der Waals surface area contributed by atoms with Crippen LogP contribution in [0.1, 0.15) is 39.0 Å². The summed E-state index contributed by atoms with van der Waals surface area (Å²) in [6.07, 6.45) is 6.87. The Morgan fingerprint density at radius 3 is 2.88 bits per heavy atom. The molecule has 138 valence electrons. The fraction of sp³-hybridized carbons (Fsp3) is 0.944. The first-order valence-corrected chi connectivity index (χ1v) is 9.86. The van der Waals surface area contributed by atoms with Crippen molar-refractivity contribution in [1.29, 1.82) is 0 Å². The molecule has 6 heteroatoms. The highest BCUT2D eigenvalue weighted by atomic mass is 16.5. The standard InChI is InChI=1S/C18H35N5O/c1-3-19-18(21-16-14-15-6-7-17(16)24-15)20-8-4-10-23-11-5-9-22(2)12-13-23/h15-17H,3-14H2,1-2H3,(H2,19,20,21). The number of rotatable bonds is 6. The van der Waals surface area contributed by atoms with Crippen molar-refractivity contribution >= 4 is 5.96 Å². The van der Waals surface area contributed by atoms with Gasteiger partial charge < -0.3 is 25.2 Å². The van der Waals surface area contributed by atoms with E-state index in [0.29, 0.717) is 18.2 Å². The summed E-state index contributed by atoms with van der Waals surface area (Å²) >= 11 is 0. The van der Waals surface area contributed by atoms with Crippen LogP contribution in [0.2, 0.25) is 0 Å². The van der Waals surface area contributed by atoms with Crippen LogP contribution >= 0.6 is 0 Å². The van der Waals surface area contributed by atoms with Crippen LogP contribution in [0, 0.1) is 0 Å². The molecule has 0 aromatic heterocycles. The fourth-order valence-corrected chi connectivity index (χ4v) is 4.09. The largest absolute Gasteiger partial charge is 0.373 e. The maximum atomic E-state index is 5.93. The van der Waals surface area contributed by atoms with Crippen molar-refractivity contribution in [2.75, 3.05) is 52.9 Å². The second-order valence-electron chi connectivity index (χ2n) is 7.47. The maximum Gasteiger partial charge on any atom is 0.191 e. The molecule has 0 amide bonds. The molecule has 0 aromatic rings. The van der Waals surface area contributed by atoms with Crippen LogP contribution in [0.25, 0.3) is 0 Å². The number of hydrogen-bond acceptors (Lipinski definition) is 4. The van der Waals surface area contributed by atoms with Crippen LogP contribution in [0.15, 0.2) is 4.99 Å². The Morgan fingerprint density at radius 2 is 2.12 bits per heavy atom. The summed E-state index contributed by atoms with van der Waals surface area (Å²) < 4.78 is 5.93. The lowest BCUT2D eigenvalue weighted by atomic mass is 9.96. The third kappa shape index (κ3) is 5.07. The van der Waals surface area contributed by atoms with E-state index in [1.807, 2.05) is 0 Å². The molecule has 3 rings (SSSR count). The predicted octanol–water partition coefficient (Wildman–Crippen LogP) is 0.889. The monoisotopic (exact) mass is 337 g/mol. The molecule has 0 aliphatic carbocycles. The number of aliphatic imine (C=N–C) groups is 1. The molecular formula is C18H35N5O. The van der Waals surface area contributed by atoms with Crippen molar-refractivity contribution in [2.24, 2.45) is 4.99 Å². The van der Waals surface area contributed by atoms with Crippen LogP contribution in [0.5, 0.6) is 0 Å². The molecule has 0 aromatic carbocycles. The maximum absolute atomic E-state index is 5.93. The molecule has 24 heavy (non-hydrogen) atoms. The number of hydrogen-bond donors (Lipinski definition) is 2. The van der Waals surface area contributed by atoms with E-state index in [1.165, 1.54) is 45.4 Å². The summed E-state index contributed by atoms with van der Waals surface area (Å²) in [6.45, 7) is 9.94. The second kappa shape index (κ2) is 9.02. The Bertz CT molecular complexity index is 416. The van der Waals surface area contributed by atoms with Gasteiger partial charge in [0.2, 0.25) is 0 Å². The predicted molar refractivity (Wildman–Crippen MR) is 98.6 cm³/mol. The lowest BCUT2D eigenvalue weighted by Crippen LogP contribution is -2.47. The summed E-state index contributed by atoms with van der Waals surface area (Å²) in [4.78, 5) is 9.80. The fourth-order valence-electron chi connectivity index (χ4n) is 4.09. The normalized spacial score (nSPS) is 32.1. The number of nitrogens with one attached hydrogen (secondary N) is 2. The zero-order valence-corrected chi connectivity index (χ0v) is 15.5. The summed E-state index contributed by atoms with van der Waals surface area (Å²) in [5.74, 6) is 0.967. The number of guanidine groups is 1. The van der Waals surface area contributed by atoms with Crippen molar-refractivity contribution in [1.82, 2.24) is 20.4 Å². The van der Waals surface area contributed by atoms with Gasteiger partial charge in [-0.2, -0.15) is 0 Å². The van der Waals surface area contributed by atoms with Gasteiger partial charge in [-0.3, -0.25) is 4.99 Å². The third-order valence-corrected chi connectivity index (χ3v) is 5.49. The Hall–Kier alpha value is -0.850. The molecule has 3 atom stereocenters. The van der Waals surface area contributed by atoms with Crippen molar-refractivity contribution < 1.29 is 4.74 Å². The molecule has 3 unspecified atom stereocenters. The summed E-state index contributed by atoms with van der Waals surface area (Å²) in [7, 11) is 2.22. The molecule has 3 saturated heterocycles. The molecule has 3 fully saturated rings. The summed E-state index contributed by atoms with van der Waals surface area (Å²) in [5.41, 5.74) is 0. The van der Waals surface area contributed by atoms with Gasteiger partial charge in [0.15, 0.2) is 5.96 Å². The highest BCUT2D eigenvalue weighted by molar-refractivity contribution is 5.80. The average Bonchev–Trinajstić information content (AvgIpc) is 3.12. The van der Waals surface area contributed by atoms with Gasteiger partial charge >= 0.3 is 0 Å². The minimum Gasteiger partial charge on any atom is -0.373 e. The van der Waals surface area contributed by atoms with E-state index in [1.54, 1.807) is 0 Å². The van der Waals surface area contributed by atoms with E-state index in [4.69, 9.17) is 9.73 Å². The molecule has 3 heterocycles. The van der Waals surface area contributed by atoms with Gasteiger partial charge in [-0.05, 0) is 65.7 Å². The van der Waals surface area contributed by atoms with Gasteiger partial charge in [-0.1, -0.05) is 0 Å². The number of fused-ring (bicyclic) bond motifs is 2. The topological polar surface area (TPSA) is 52.1 Å². The van der Waals surface area contributed by atoms with Crippen LogP contribution in [-0.4, -0.2) is 86.9 Å². The molecule has 3 aliphatic rings. The van der Waals surface area contributed by atoms with Crippen molar-refractivity contribution in [2.45, 2.75) is 57.3 Å². The molecule has 0 spiro atoms. The molecule has 6 nitrogen and oxygen atoms in total. The van der Waals surface area contributed by atoms with Crippen LogP contribution < -0.4 is 10.6 Å². The zero-order chi connectivity index (χ0) is 16.8. The summed E-state index contributed by atoms with van der Waals surface area (Å²) in [6, 6.07) is 0.447. The third-order valence-electron chi connectivity index (χ3n) is 5.49. The van der Waals surface area contributed by atoms with E-state index >= 15 is 0 Å². The molecule has 0 radical (unpaired) electrons. The SMILES string of the molecule is CCNC(=NCCCN1CCCN(C)CC1)NC1CC2CCC1O2. The van der Waals surface area contributed by atoms with E-state index in [0.717, 1.165) is 38.4 Å². The van der Waals surface area contributed by atoms with Crippen molar-refractivity contribution in [3.8, 4) is 0 Å². The lowest BCUT2D eigenvalue weighted by Gasteiger charge is -2.23. The Morgan fingerprint density at radius 1 is 1.21 bits per heavy atom. The Labute approximate surface area is 147 Å².